The smallest absolute Gasteiger partial charge is 0.270 e. The number of hydrogen-bond acceptors (Lipinski definition) is 4. The third-order valence-corrected chi connectivity index (χ3v) is 4.45. The Morgan fingerprint density at radius 1 is 1.24 bits per heavy atom. The molecule has 114 valence electrons. The van der Waals surface area contributed by atoms with E-state index < -0.39 is 0 Å². The van der Waals surface area contributed by atoms with Gasteiger partial charge in [-0.2, -0.15) is 0 Å². The van der Waals surface area contributed by atoms with E-state index in [0.29, 0.717) is 5.69 Å². The maximum absolute atomic E-state index is 12.3. The molecular weight excluding hydrogens is 266 g/mol. The van der Waals surface area contributed by atoms with Crippen molar-refractivity contribution in [1.29, 1.82) is 0 Å². The molecule has 21 heavy (non-hydrogen) atoms. The number of nitrogens with one attached hydrogen (secondary N) is 2. The summed E-state index contributed by atoms with van der Waals surface area (Å²) in [7, 11) is 0. The van der Waals surface area contributed by atoms with Crippen molar-refractivity contribution >= 4 is 5.91 Å². The largest absolute Gasteiger partial charge is 0.393 e. The van der Waals surface area contributed by atoms with Gasteiger partial charge in [0.05, 0.1) is 11.8 Å². The number of rotatable bonds is 3. The lowest BCUT2D eigenvalue weighted by molar-refractivity contribution is 0.0863. The van der Waals surface area contributed by atoms with Gasteiger partial charge in [-0.3, -0.25) is 4.79 Å². The summed E-state index contributed by atoms with van der Waals surface area (Å²) in [6.07, 6.45) is 5.27. The fourth-order valence-electron chi connectivity index (χ4n) is 3.19. The Morgan fingerprint density at radius 2 is 2.05 bits per heavy atom. The zero-order valence-corrected chi connectivity index (χ0v) is 12.2. The van der Waals surface area contributed by atoms with Crippen LogP contribution in [0.25, 0.3) is 0 Å². The molecular formula is C16H23N3O2. The van der Waals surface area contributed by atoms with E-state index in [1.54, 1.807) is 6.07 Å². The number of aromatic nitrogens is 1. The van der Waals surface area contributed by atoms with Gasteiger partial charge in [0.1, 0.15) is 5.69 Å². The van der Waals surface area contributed by atoms with Crippen molar-refractivity contribution in [3.05, 3.63) is 29.6 Å². The molecule has 1 saturated carbocycles. The SMILES string of the molecule is O=C(NC1CCC(O)CC1)c1cccc([C@@H]2CCCN2)n1. The predicted molar refractivity (Wildman–Crippen MR) is 79.9 cm³/mol. The molecule has 1 aromatic rings. The van der Waals surface area contributed by atoms with E-state index in [-0.39, 0.29) is 24.1 Å². The molecule has 2 heterocycles. The third-order valence-electron chi connectivity index (χ3n) is 4.45. The zero-order chi connectivity index (χ0) is 14.7. The average Bonchev–Trinajstić information content (AvgIpc) is 3.04. The normalized spacial score (nSPS) is 29.3. The lowest BCUT2D eigenvalue weighted by atomic mass is 9.93. The highest BCUT2D eigenvalue weighted by molar-refractivity contribution is 5.92. The highest BCUT2D eigenvalue weighted by atomic mass is 16.3. The highest BCUT2D eigenvalue weighted by Crippen LogP contribution is 2.22. The first-order chi connectivity index (χ1) is 10.2. The molecule has 2 fully saturated rings. The maximum Gasteiger partial charge on any atom is 0.270 e. The second-order valence-electron chi connectivity index (χ2n) is 6.08. The van der Waals surface area contributed by atoms with Gasteiger partial charge < -0.3 is 15.7 Å². The van der Waals surface area contributed by atoms with Gasteiger partial charge in [-0.25, -0.2) is 4.98 Å². The Labute approximate surface area is 125 Å². The van der Waals surface area contributed by atoms with Gasteiger partial charge in [0.2, 0.25) is 0 Å². The molecule has 0 spiro atoms. The minimum absolute atomic E-state index is 0.101. The van der Waals surface area contributed by atoms with Crippen LogP contribution in [-0.4, -0.2) is 34.7 Å². The van der Waals surface area contributed by atoms with Crippen LogP contribution in [0.5, 0.6) is 0 Å². The van der Waals surface area contributed by atoms with E-state index in [9.17, 15) is 9.90 Å². The summed E-state index contributed by atoms with van der Waals surface area (Å²) < 4.78 is 0. The van der Waals surface area contributed by atoms with E-state index in [1.807, 2.05) is 12.1 Å². The molecule has 0 aromatic carbocycles. The summed E-state index contributed by atoms with van der Waals surface area (Å²) in [5, 5.41) is 15.9. The molecule has 1 aliphatic carbocycles. The topological polar surface area (TPSA) is 74.2 Å². The maximum atomic E-state index is 12.3. The minimum atomic E-state index is -0.201. The molecule has 0 unspecified atom stereocenters. The molecule has 1 aliphatic heterocycles. The lowest BCUT2D eigenvalue weighted by Gasteiger charge is -2.26. The lowest BCUT2D eigenvalue weighted by Crippen LogP contribution is -2.39. The van der Waals surface area contributed by atoms with Crippen LogP contribution in [-0.2, 0) is 0 Å². The fraction of sp³-hybridized carbons (Fsp3) is 0.625. The Bertz CT molecular complexity index is 492. The monoisotopic (exact) mass is 289 g/mol. The number of carbonyl (C=O) groups is 1. The summed E-state index contributed by atoms with van der Waals surface area (Å²) in [5.41, 5.74) is 1.45. The number of aliphatic hydroxyl groups is 1. The van der Waals surface area contributed by atoms with Gasteiger partial charge in [-0.1, -0.05) is 6.07 Å². The van der Waals surface area contributed by atoms with Crippen LogP contribution in [0.4, 0.5) is 0 Å². The standard InChI is InChI=1S/C16H23N3O2/c20-12-8-6-11(7-9-12)18-16(21)15-4-1-3-14(19-15)13-5-2-10-17-13/h1,3-4,11-13,17,20H,2,5-10H2,(H,18,21)/t11?,12?,13-/m0/s1. The average molecular weight is 289 g/mol. The van der Waals surface area contributed by atoms with Crippen LogP contribution >= 0.6 is 0 Å². The second kappa shape index (κ2) is 6.54. The molecule has 5 nitrogen and oxygen atoms in total. The molecule has 0 bridgehead atoms. The van der Waals surface area contributed by atoms with Gasteiger partial charge in [-0.15, -0.1) is 0 Å². The molecule has 1 saturated heterocycles. The van der Waals surface area contributed by atoms with Gasteiger partial charge in [0, 0.05) is 12.1 Å². The highest BCUT2D eigenvalue weighted by Gasteiger charge is 2.23. The van der Waals surface area contributed by atoms with E-state index >= 15 is 0 Å². The van der Waals surface area contributed by atoms with E-state index in [4.69, 9.17) is 0 Å². The summed E-state index contributed by atoms with van der Waals surface area (Å²) in [6.45, 7) is 1.02. The minimum Gasteiger partial charge on any atom is -0.393 e. The summed E-state index contributed by atoms with van der Waals surface area (Å²) >= 11 is 0. The summed E-state index contributed by atoms with van der Waals surface area (Å²) in [5.74, 6) is -0.101. The van der Waals surface area contributed by atoms with Crippen LogP contribution in [0.1, 0.15) is 60.7 Å². The molecule has 3 rings (SSSR count). The molecule has 1 atom stereocenters. The van der Waals surface area contributed by atoms with Crippen molar-refractivity contribution in [2.45, 2.75) is 56.7 Å². The Kier molecular flexibility index (Phi) is 4.51. The predicted octanol–water partition coefficient (Wildman–Crippen LogP) is 1.54. The van der Waals surface area contributed by atoms with Crippen molar-refractivity contribution in [1.82, 2.24) is 15.6 Å². The molecule has 3 N–H and O–H groups in total. The fourth-order valence-corrected chi connectivity index (χ4v) is 3.19. The van der Waals surface area contributed by atoms with Crippen molar-refractivity contribution in [2.75, 3.05) is 6.54 Å². The molecule has 5 heteroatoms. The number of nitrogens with zero attached hydrogens (tertiary/aromatic N) is 1. The number of amides is 1. The number of carbonyl (C=O) groups excluding carboxylic acids is 1. The van der Waals surface area contributed by atoms with Crippen LogP contribution in [0, 0.1) is 0 Å². The van der Waals surface area contributed by atoms with Crippen molar-refractivity contribution in [3.63, 3.8) is 0 Å². The number of aliphatic hydroxyl groups excluding tert-OH is 1. The zero-order valence-electron chi connectivity index (χ0n) is 12.2. The van der Waals surface area contributed by atoms with E-state index in [0.717, 1.165) is 50.8 Å². The Balaban J connectivity index is 1.62. The first-order valence-corrected chi connectivity index (χ1v) is 7.91. The second-order valence-corrected chi connectivity index (χ2v) is 6.08. The van der Waals surface area contributed by atoms with Gasteiger partial charge in [0.15, 0.2) is 0 Å². The Hall–Kier alpha value is -1.46. The van der Waals surface area contributed by atoms with Crippen molar-refractivity contribution in [2.24, 2.45) is 0 Å². The van der Waals surface area contributed by atoms with Crippen LogP contribution in [0.2, 0.25) is 0 Å². The van der Waals surface area contributed by atoms with Crippen molar-refractivity contribution < 1.29 is 9.90 Å². The first kappa shape index (κ1) is 14.5. The third kappa shape index (κ3) is 3.60. The molecule has 1 aromatic heterocycles. The van der Waals surface area contributed by atoms with Gasteiger partial charge in [0.25, 0.3) is 5.91 Å². The van der Waals surface area contributed by atoms with Crippen LogP contribution in [0.3, 0.4) is 0 Å². The van der Waals surface area contributed by atoms with E-state index in [1.165, 1.54) is 0 Å². The van der Waals surface area contributed by atoms with E-state index in [2.05, 4.69) is 15.6 Å². The number of pyridine rings is 1. The molecule has 2 aliphatic rings. The van der Waals surface area contributed by atoms with Crippen LogP contribution < -0.4 is 10.6 Å². The molecule has 0 radical (unpaired) electrons. The quantitative estimate of drug-likeness (QED) is 0.789. The Morgan fingerprint density at radius 3 is 2.76 bits per heavy atom. The van der Waals surface area contributed by atoms with Crippen molar-refractivity contribution in [3.8, 4) is 0 Å². The summed E-state index contributed by atoms with van der Waals surface area (Å²) in [6, 6.07) is 6.10. The van der Waals surface area contributed by atoms with Crippen LogP contribution in [0.15, 0.2) is 18.2 Å². The summed E-state index contributed by atoms with van der Waals surface area (Å²) in [4.78, 5) is 16.8. The van der Waals surface area contributed by atoms with Gasteiger partial charge >= 0.3 is 0 Å². The molecule has 1 amide bonds. The van der Waals surface area contributed by atoms with Gasteiger partial charge in [-0.05, 0) is 57.2 Å². The first-order valence-electron chi connectivity index (χ1n) is 7.91. The number of hydrogen-bond donors (Lipinski definition) is 3.